The van der Waals surface area contributed by atoms with Gasteiger partial charge in [-0.3, -0.25) is 24.8 Å². The van der Waals surface area contributed by atoms with Crippen LogP contribution in [0.25, 0.3) is 6.08 Å². The van der Waals surface area contributed by atoms with Crippen LogP contribution in [0.15, 0.2) is 54.2 Å². The molecule has 2 heterocycles. The number of nitrogens with zero attached hydrogens (tertiary/aromatic N) is 2. The fourth-order valence-corrected chi connectivity index (χ4v) is 2.50. The van der Waals surface area contributed by atoms with Crippen LogP contribution in [0.2, 0.25) is 5.02 Å². The number of hydrogen-bond donors (Lipinski definition) is 1. The van der Waals surface area contributed by atoms with Crippen molar-refractivity contribution < 1.29 is 9.59 Å². The molecule has 23 heavy (non-hydrogen) atoms. The molecule has 1 fully saturated rings. The molecule has 1 saturated heterocycles. The molecule has 1 aliphatic heterocycles. The van der Waals surface area contributed by atoms with Crippen LogP contribution < -0.4 is 10.2 Å². The Kier molecular flexibility index (Phi) is 4.18. The maximum Gasteiger partial charge on any atom is 0.270 e. The van der Waals surface area contributed by atoms with Crippen LogP contribution >= 0.6 is 23.8 Å². The highest BCUT2D eigenvalue weighted by atomic mass is 35.5. The van der Waals surface area contributed by atoms with Crippen LogP contribution in [0.1, 0.15) is 5.69 Å². The largest absolute Gasteiger partial charge is 0.298 e. The summed E-state index contributed by atoms with van der Waals surface area (Å²) in [7, 11) is 0. The topological polar surface area (TPSA) is 62.3 Å². The van der Waals surface area contributed by atoms with Crippen LogP contribution in [-0.2, 0) is 9.59 Å². The van der Waals surface area contributed by atoms with E-state index in [1.165, 1.54) is 11.0 Å². The number of halogens is 1. The van der Waals surface area contributed by atoms with Gasteiger partial charge in [-0.05, 0) is 54.7 Å². The van der Waals surface area contributed by atoms with Gasteiger partial charge in [-0.15, -0.1) is 0 Å². The molecule has 0 spiro atoms. The second-order valence-corrected chi connectivity index (χ2v) is 5.51. The Balaban J connectivity index is 2.01. The first kappa shape index (κ1) is 15.3. The fraction of sp³-hybridized carbons (Fsp3) is 0. The average molecular weight is 344 g/mol. The van der Waals surface area contributed by atoms with E-state index in [0.29, 0.717) is 16.4 Å². The third-order valence-electron chi connectivity index (χ3n) is 3.17. The van der Waals surface area contributed by atoms with Gasteiger partial charge in [0.1, 0.15) is 5.57 Å². The number of pyridine rings is 1. The van der Waals surface area contributed by atoms with Gasteiger partial charge in [-0.2, -0.15) is 0 Å². The highest BCUT2D eigenvalue weighted by molar-refractivity contribution is 7.80. The van der Waals surface area contributed by atoms with E-state index in [-0.39, 0.29) is 10.7 Å². The van der Waals surface area contributed by atoms with E-state index < -0.39 is 11.8 Å². The van der Waals surface area contributed by atoms with Gasteiger partial charge < -0.3 is 0 Å². The molecule has 0 aliphatic carbocycles. The van der Waals surface area contributed by atoms with Gasteiger partial charge in [-0.25, -0.2) is 0 Å². The van der Waals surface area contributed by atoms with Crippen LogP contribution in [0.4, 0.5) is 5.69 Å². The molecule has 1 N–H and O–H groups in total. The molecular formula is C16H10ClN3O2S. The predicted octanol–water partition coefficient (Wildman–Crippen LogP) is 2.57. The number of nitrogens with one attached hydrogen (secondary N) is 1. The van der Waals surface area contributed by atoms with E-state index in [2.05, 4.69) is 10.3 Å². The molecule has 0 unspecified atom stereocenters. The minimum Gasteiger partial charge on any atom is -0.298 e. The highest BCUT2D eigenvalue weighted by Gasteiger charge is 2.34. The van der Waals surface area contributed by atoms with Gasteiger partial charge in [0.2, 0.25) is 0 Å². The maximum atomic E-state index is 12.7. The molecule has 0 saturated carbocycles. The zero-order valence-corrected chi connectivity index (χ0v) is 13.3. The van der Waals surface area contributed by atoms with Crippen molar-refractivity contribution in [3.8, 4) is 0 Å². The summed E-state index contributed by atoms with van der Waals surface area (Å²) in [6, 6.07) is 11.8. The van der Waals surface area contributed by atoms with Crippen molar-refractivity contribution in [2.75, 3.05) is 4.90 Å². The van der Waals surface area contributed by atoms with Gasteiger partial charge >= 0.3 is 0 Å². The lowest BCUT2D eigenvalue weighted by atomic mass is 10.1. The third-order valence-corrected chi connectivity index (χ3v) is 3.70. The Labute approximate surface area is 142 Å². The van der Waals surface area contributed by atoms with Crippen molar-refractivity contribution in [2.24, 2.45) is 0 Å². The number of amides is 2. The smallest absolute Gasteiger partial charge is 0.270 e. The maximum absolute atomic E-state index is 12.7. The summed E-state index contributed by atoms with van der Waals surface area (Å²) in [5.74, 6) is -1.05. The molecule has 114 valence electrons. The minimum atomic E-state index is -0.545. The van der Waals surface area contributed by atoms with Crippen molar-refractivity contribution in [2.45, 2.75) is 0 Å². The highest BCUT2D eigenvalue weighted by Crippen LogP contribution is 2.23. The molecule has 7 heteroatoms. The summed E-state index contributed by atoms with van der Waals surface area (Å²) in [6.45, 7) is 0. The first-order valence-electron chi connectivity index (χ1n) is 6.64. The Morgan fingerprint density at radius 2 is 1.87 bits per heavy atom. The average Bonchev–Trinajstić information content (AvgIpc) is 2.54. The van der Waals surface area contributed by atoms with Gasteiger partial charge in [0, 0.05) is 11.2 Å². The number of carbonyl (C=O) groups excluding carboxylic acids is 2. The lowest BCUT2D eigenvalue weighted by Crippen LogP contribution is -2.54. The standard InChI is InChI=1S/C16H10ClN3O2S/c17-10-4-6-12(7-5-10)20-15(22)13(14(21)19-16(20)23)9-11-3-1-2-8-18-11/h1-9H,(H,19,21,23). The summed E-state index contributed by atoms with van der Waals surface area (Å²) in [5, 5.41) is 3.08. The molecule has 0 bridgehead atoms. The predicted molar refractivity (Wildman–Crippen MR) is 91.9 cm³/mol. The van der Waals surface area contributed by atoms with E-state index in [0.717, 1.165) is 0 Å². The van der Waals surface area contributed by atoms with Gasteiger partial charge in [0.25, 0.3) is 11.8 Å². The van der Waals surface area contributed by atoms with E-state index in [4.69, 9.17) is 23.8 Å². The van der Waals surface area contributed by atoms with E-state index in [9.17, 15) is 9.59 Å². The Hall–Kier alpha value is -2.57. The van der Waals surface area contributed by atoms with Gasteiger partial charge in [-0.1, -0.05) is 17.7 Å². The zero-order valence-electron chi connectivity index (χ0n) is 11.7. The molecule has 1 aliphatic rings. The normalized spacial score (nSPS) is 16.7. The first-order valence-corrected chi connectivity index (χ1v) is 7.43. The Bertz CT molecular complexity index is 819. The molecule has 1 aromatic carbocycles. The second kappa shape index (κ2) is 6.28. The van der Waals surface area contributed by atoms with Crippen molar-refractivity contribution in [1.29, 1.82) is 0 Å². The number of thiocarbonyl (C=S) groups is 1. The lowest BCUT2D eigenvalue weighted by Gasteiger charge is -2.28. The van der Waals surface area contributed by atoms with Crippen molar-refractivity contribution >= 4 is 52.5 Å². The van der Waals surface area contributed by atoms with Crippen molar-refractivity contribution in [3.63, 3.8) is 0 Å². The van der Waals surface area contributed by atoms with Crippen LogP contribution in [-0.4, -0.2) is 21.9 Å². The lowest BCUT2D eigenvalue weighted by molar-refractivity contribution is -0.122. The second-order valence-electron chi connectivity index (χ2n) is 4.69. The number of benzene rings is 1. The summed E-state index contributed by atoms with van der Waals surface area (Å²) in [4.78, 5) is 30.1. The number of aromatic nitrogens is 1. The molecule has 0 radical (unpaired) electrons. The third kappa shape index (κ3) is 3.13. The Morgan fingerprint density at radius 3 is 2.52 bits per heavy atom. The van der Waals surface area contributed by atoms with E-state index in [1.54, 1.807) is 48.7 Å². The molecule has 2 amide bonds. The molecule has 1 aromatic heterocycles. The van der Waals surface area contributed by atoms with Crippen LogP contribution in [0.3, 0.4) is 0 Å². The van der Waals surface area contributed by atoms with E-state index in [1.807, 2.05) is 0 Å². The number of carbonyl (C=O) groups is 2. The summed E-state index contributed by atoms with van der Waals surface area (Å²) >= 11 is 11.0. The van der Waals surface area contributed by atoms with E-state index >= 15 is 0 Å². The monoisotopic (exact) mass is 343 g/mol. The van der Waals surface area contributed by atoms with Gasteiger partial charge in [0.15, 0.2) is 5.11 Å². The SMILES string of the molecule is O=C1NC(=S)N(c2ccc(Cl)cc2)C(=O)C1=Cc1ccccn1. The number of hydrogen-bond acceptors (Lipinski definition) is 4. The molecule has 5 nitrogen and oxygen atoms in total. The molecular weight excluding hydrogens is 334 g/mol. The van der Waals surface area contributed by atoms with Gasteiger partial charge in [0.05, 0.1) is 11.4 Å². The zero-order chi connectivity index (χ0) is 16.4. The summed E-state index contributed by atoms with van der Waals surface area (Å²) in [6.07, 6.45) is 3.02. The number of anilines is 1. The minimum absolute atomic E-state index is 0.0282. The molecule has 3 rings (SSSR count). The summed E-state index contributed by atoms with van der Waals surface area (Å²) in [5.41, 5.74) is 0.999. The Morgan fingerprint density at radius 1 is 1.13 bits per heavy atom. The van der Waals surface area contributed by atoms with Crippen molar-refractivity contribution in [1.82, 2.24) is 10.3 Å². The van der Waals surface area contributed by atoms with Crippen LogP contribution in [0.5, 0.6) is 0 Å². The summed E-state index contributed by atoms with van der Waals surface area (Å²) < 4.78 is 0. The number of rotatable bonds is 2. The molecule has 2 aromatic rings. The van der Waals surface area contributed by atoms with Crippen LogP contribution in [0, 0.1) is 0 Å². The quantitative estimate of drug-likeness (QED) is 0.517. The molecule has 0 atom stereocenters. The fourth-order valence-electron chi connectivity index (χ4n) is 2.09. The first-order chi connectivity index (χ1) is 11.1. The van der Waals surface area contributed by atoms with Crippen molar-refractivity contribution in [3.05, 3.63) is 65.0 Å².